The lowest BCUT2D eigenvalue weighted by molar-refractivity contribution is 0.594. The molecule has 1 unspecified atom stereocenters. The Morgan fingerprint density at radius 2 is 1.71 bits per heavy atom. The third-order valence-electron chi connectivity index (χ3n) is 3.74. The highest BCUT2D eigenvalue weighted by molar-refractivity contribution is 7.99. The molecule has 0 heterocycles. The van der Waals surface area contributed by atoms with Gasteiger partial charge in [-0.2, -0.15) is 0 Å². The lowest BCUT2D eigenvalue weighted by Crippen LogP contribution is -2.13. The molecule has 0 aromatic heterocycles. The van der Waals surface area contributed by atoms with Crippen molar-refractivity contribution in [1.82, 2.24) is 5.32 Å². The summed E-state index contributed by atoms with van der Waals surface area (Å²) in [5.41, 5.74) is 4.21. The second kappa shape index (κ2) is 6.63. The summed E-state index contributed by atoms with van der Waals surface area (Å²) >= 11 is 1.71. The van der Waals surface area contributed by atoms with E-state index >= 15 is 0 Å². The minimum absolute atomic E-state index is 0.119. The smallest absolute Gasteiger partial charge is 0.126 e. The Balaban J connectivity index is 2.45. The van der Waals surface area contributed by atoms with Crippen LogP contribution in [0, 0.1) is 26.6 Å². The first-order valence-corrected chi connectivity index (χ1v) is 7.96. The van der Waals surface area contributed by atoms with Crippen molar-refractivity contribution >= 4 is 11.8 Å². The summed E-state index contributed by atoms with van der Waals surface area (Å²) in [7, 11) is 1.90. The van der Waals surface area contributed by atoms with Crippen LogP contribution in [0.2, 0.25) is 0 Å². The first-order valence-electron chi connectivity index (χ1n) is 7.14. The Morgan fingerprint density at radius 1 is 1.00 bits per heavy atom. The first-order chi connectivity index (χ1) is 9.92. The molecular weight excluding hydrogens is 281 g/mol. The highest BCUT2D eigenvalue weighted by Crippen LogP contribution is 2.36. The van der Waals surface area contributed by atoms with E-state index < -0.39 is 0 Å². The minimum atomic E-state index is -0.142. The number of hydrogen-bond acceptors (Lipinski definition) is 2. The molecule has 0 saturated heterocycles. The molecule has 1 N–H and O–H groups in total. The predicted molar refractivity (Wildman–Crippen MR) is 88.7 cm³/mol. The van der Waals surface area contributed by atoms with E-state index in [-0.39, 0.29) is 11.9 Å². The van der Waals surface area contributed by atoms with E-state index in [0.717, 1.165) is 10.5 Å². The van der Waals surface area contributed by atoms with Crippen LogP contribution >= 0.6 is 11.8 Å². The Morgan fingerprint density at radius 3 is 2.33 bits per heavy atom. The van der Waals surface area contributed by atoms with Gasteiger partial charge in [-0.05, 0) is 69.6 Å². The highest BCUT2D eigenvalue weighted by atomic mass is 32.2. The Hall–Kier alpha value is -1.32. The first kappa shape index (κ1) is 16.1. The zero-order chi connectivity index (χ0) is 15.6. The van der Waals surface area contributed by atoms with E-state index in [1.807, 2.05) is 20.0 Å². The molecule has 0 aliphatic carbocycles. The number of rotatable bonds is 4. The molecule has 1 atom stereocenters. The quantitative estimate of drug-likeness (QED) is 0.835. The lowest BCUT2D eigenvalue weighted by Gasteiger charge is -2.17. The lowest BCUT2D eigenvalue weighted by atomic mass is 10.1. The molecule has 0 fully saturated rings. The van der Waals surface area contributed by atoms with Crippen molar-refractivity contribution in [2.24, 2.45) is 0 Å². The largest absolute Gasteiger partial charge is 0.313 e. The Labute approximate surface area is 131 Å². The van der Waals surface area contributed by atoms with Crippen LogP contribution in [0.3, 0.4) is 0 Å². The van der Waals surface area contributed by atoms with Crippen LogP contribution in [0.4, 0.5) is 4.39 Å². The molecule has 2 rings (SSSR count). The summed E-state index contributed by atoms with van der Waals surface area (Å²) in [6, 6.07) is 10.2. The minimum Gasteiger partial charge on any atom is -0.313 e. The number of hydrogen-bond donors (Lipinski definition) is 1. The van der Waals surface area contributed by atoms with Crippen LogP contribution < -0.4 is 5.32 Å². The molecular formula is C18H22FNS. The maximum atomic E-state index is 13.9. The van der Waals surface area contributed by atoms with Gasteiger partial charge in [0.15, 0.2) is 0 Å². The fraction of sp³-hybridized carbons (Fsp3) is 0.333. The van der Waals surface area contributed by atoms with Crippen molar-refractivity contribution in [1.29, 1.82) is 0 Å². The summed E-state index contributed by atoms with van der Waals surface area (Å²) in [5.74, 6) is -0.142. The summed E-state index contributed by atoms with van der Waals surface area (Å²) in [4.78, 5) is 2.33. The Kier molecular flexibility index (Phi) is 5.07. The maximum absolute atomic E-state index is 13.9. The molecule has 2 aromatic rings. The molecule has 21 heavy (non-hydrogen) atoms. The van der Waals surface area contributed by atoms with E-state index in [0.29, 0.717) is 5.56 Å². The summed E-state index contributed by atoms with van der Waals surface area (Å²) in [6.07, 6.45) is 0. The molecule has 0 radical (unpaired) electrons. The van der Waals surface area contributed by atoms with Crippen LogP contribution in [0.15, 0.2) is 40.1 Å². The maximum Gasteiger partial charge on any atom is 0.126 e. The third kappa shape index (κ3) is 3.66. The van der Waals surface area contributed by atoms with Gasteiger partial charge in [0, 0.05) is 15.8 Å². The van der Waals surface area contributed by atoms with Crippen LogP contribution in [0.25, 0.3) is 0 Å². The van der Waals surface area contributed by atoms with Gasteiger partial charge in [0.2, 0.25) is 0 Å². The molecule has 0 aliphatic rings. The third-order valence-corrected chi connectivity index (χ3v) is 4.99. The second-order valence-corrected chi connectivity index (χ2v) is 6.60. The molecule has 0 saturated carbocycles. The van der Waals surface area contributed by atoms with E-state index in [1.165, 1.54) is 16.0 Å². The topological polar surface area (TPSA) is 12.0 Å². The molecule has 0 spiro atoms. The van der Waals surface area contributed by atoms with E-state index in [1.54, 1.807) is 17.8 Å². The molecule has 3 heteroatoms. The van der Waals surface area contributed by atoms with Gasteiger partial charge in [-0.15, -0.1) is 0 Å². The molecule has 1 nitrogen and oxygen atoms in total. The van der Waals surface area contributed by atoms with Crippen molar-refractivity contribution < 1.29 is 4.39 Å². The fourth-order valence-electron chi connectivity index (χ4n) is 2.28. The van der Waals surface area contributed by atoms with Gasteiger partial charge in [-0.3, -0.25) is 0 Å². The predicted octanol–water partition coefficient (Wildman–Crippen LogP) is 5.18. The van der Waals surface area contributed by atoms with Crippen molar-refractivity contribution in [3.63, 3.8) is 0 Å². The van der Waals surface area contributed by atoms with Gasteiger partial charge in [0.1, 0.15) is 5.82 Å². The summed E-state index contributed by atoms with van der Waals surface area (Å²) in [6.45, 7) is 8.08. The molecule has 0 amide bonds. The van der Waals surface area contributed by atoms with Gasteiger partial charge < -0.3 is 5.32 Å². The van der Waals surface area contributed by atoms with E-state index in [2.05, 4.69) is 44.3 Å². The van der Waals surface area contributed by atoms with Gasteiger partial charge in [0.25, 0.3) is 0 Å². The van der Waals surface area contributed by atoms with E-state index in [9.17, 15) is 4.39 Å². The summed E-state index contributed by atoms with van der Waals surface area (Å²) < 4.78 is 13.9. The fourth-order valence-corrected chi connectivity index (χ4v) is 3.47. The number of nitrogens with one attached hydrogen (secondary N) is 1. The summed E-state index contributed by atoms with van der Waals surface area (Å²) in [5, 5.41) is 3.20. The van der Waals surface area contributed by atoms with Crippen molar-refractivity contribution in [2.45, 2.75) is 43.5 Å². The van der Waals surface area contributed by atoms with Gasteiger partial charge in [0.05, 0.1) is 0 Å². The SMILES string of the molecule is CNC(C)c1cc(F)c(C)cc1Sc1ccc(C)cc1C. The van der Waals surface area contributed by atoms with Crippen molar-refractivity contribution in [3.8, 4) is 0 Å². The monoisotopic (exact) mass is 303 g/mol. The zero-order valence-corrected chi connectivity index (χ0v) is 14.1. The van der Waals surface area contributed by atoms with Crippen molar-refractivity contribution in [3.05, 3.63) is 58.4 Å². The van der Waals surface area contributed by atoms with Crippen LogP contribution in [-0.2, 0) is 0 Å². The standard InChI is InChI=1S/C18H22FNS/c1-11-6-7-17(13(3)8-11)21-18-9-12(2)16(19)10-15(18)14(4)20-5/h6-10,14,20H,1-5H3. The normalized spacial score (nSPS) is 12.5. The van der Waals surface area contributed by atoms with Gasteiger partial charge in [-0.25, -0.2) is 4.39 Å². The molecule has 2 aromatic carbocycles. The number of benzene rings is 2. The number of halogens is 1. The van der Waals surface area contributed by atoms with Gasteiger partial charge in [-0.1, -0.05) is 29.5 Å². The average Bonchev–Trinajstić information content (AvgIpc) is 2.44. The van der Waals surface area contributed by atoms with Gasteiger partial charge >= 0.3 is 0 Å². The Bertz CT molecular complexity index is 652. The van der Waals surface area contributed by atoms with Crippen molar-refractivity contribution in [2.75, 3.05) is 7.05 Å². The second-order valence-electron chi connectivity index (χ2n) is 5.52. The zero-order valence-electron chi connectivity index (χ0n) is 13.3. The van der Waals surface area contributed by atoms with Crippen LogP contribution in [0.5, 0.6) is 0 Å². The van der Waals surface area contributed by atoms with Crippen LogP contribution in [-0.4, -0.2) is 7.05 Å². The molecule has 0 bridgehead atoms. The molecule has 112 valence electrons. The van der Waals surface area contributed by atoms with E-state index in [4.69, 9.17) is 0 Å². The average molecular weight is 303 g/mol. The van der Waals surface area contributed by atoms with Crippen LogP contribution in [0.1, 0.15) is 35.2 Å². The number of aryl methyl sites for hydroxylation is 3. The molecule has 0 aliphatic heterocycles. The highest BCUT2D eigenvalue weighted by Gasteiger charge is 2.14.